The van der Waals surface area contributed by atoms with Gasteiger partial charge in [0, 0.05) is 29.9 Å². The number of aryl methyl sites for hydroxylation is 1. The molecule has 0 radical (unpaired) electrons. The van der Waals surface area contributed by atoms with Crippen molar-refractivity contribution in [1.29, 1.82) is 0 Å². The lowest BCUT2D eigenvalue weighted by Gasteiger charge is -2.28. The summed E-state index contributed by atoms with van der Waals surface area (Å²) in [6, 6.07) is 10.8. The van der Waals surface area contributed by atoms with Crippen molar-refractivity contribution in [3.63, 3.8) is 0 Å². The van der Waals surface area contributed by atoms with Crippen LogP contribution in [-0.4, -0.2) is 31.6 Å². The predicted molar refractivity (Wildman–Crippen MR) is 110 cm³/mol. The minimum atomic E-state index is -0.219. The van der Waals surface area contributed by atoms with Crippen molar-refractivity contribution in [2.24, 2.45) is 0 Å². The van der Waals surface area contributed by atoms with Crippen molar-refractivity contribution in [3.8, 4) is 11.5 Å². The molecule has 3 rings (SSSR count). The van der Waals surface area contributed by atoms with Gasteiger partial charge in [-0.2, -0.15) is 0 Å². The Balaban J connectivity index is 1.80. The van der Waals surface area contributed by atoms with E-state index in [1.54, 1.807) is 23.1 Å². The number of rotatable bonds is 7. The molecular formula is C22H26N2O4. The van der Waals surface area contributed by atoms with Crippen molar-refractivity contribution < 1.29 is 19.1 Å². The van der Waals surface area contributed by atoms with Gasteiger partial charge in [-0.25, -0.2) is 0 Å². The Morgan fingerprint density at radius 2 is 1.75 bits per heavy atom. The third kappa shape index (κ3) is 4.11. The van der Waals surface area contributed by atoms with E-state index in [1.165, 1.54) is 0 Å². The molecule has 148 valence electrons. The topological polar surface area (TPSA) is 67.9 Å². The number of benzene rings is 2. The van der Waals surface area contributed by atoms with E-state index in [9.17, 15) is 9.59 Å². The molecule has 2 aromatic carbocycles. The minimum Gasteiger partial charge on any atom is -0.490 e. The van der Waals surface area contributed by atoms with E-state index < -0.39 is 0 Å². The molecule has 2 aromatic rings. The Hall–Kier alpha value is -3.02. The van der Waals surface area contributed by atoms with Crippen LogP contribution in [0.5, 0.6) is 11.5 Å². The number of carbonyl (C=O) groups is 2. The molecule has 0 unspecified atom stereocenters. The molecule has 2 amide bonds. The molecule has 0 bridgehead atoms. The maximum atomic E-state index is 12.7. The van der Waals surface area contributed by atoms with Crippen LogP contribution in [0.15, 0.2) is 36.4 Å². The van der Waals surface area contributed by atoms with Crippen molar-refractivity contribution in [1.82, 2.24) is 0 Å². The SMILES string of the molecule is CCOc1ccc(C(=O)Nc2ccc3c(c2)CCC(=O)N3CC)cc1OCC. The van der Waals surface area contributed by atoms with Gasteiger partial charge < -0.3 is 19.7 Å². The van der Waals surface area contributed by atoms with E-state index >= 15 is 0 Å². The highest BCUT2D eigenvalue weighted by Crippen LogP contribution is 2.31. The molecule has 0 spiro atoms. The second kappa shape index (κ2) is 8.78. The van der Waals surface area contributed by atoms with Crippen LogP contribution in [0, 0.1) is 0 Å². The highest BCUT2D eigenvalue weighted by atomic mass is 16.5. The molecular weight excluding hydrogens is 356 g/mol. The van der Waals surface area contributed by atoms with Crippen LogP contribution in [0.25, 0.3) is 0 Å². The average Bonchev–Trinajstić information content (AvgIpc) is 2.69. The van der Waals surface area contributed by atoms with E-state index in [1.807, 2.05) is 39.0 Å². The number of hydrogen-bond acceptors (Lipinski definition) is 4. The number of fused-ring (bicyclic) bond motifs is 1. The summed E-state index contributed by atoms with van der Waals surface area (Å²) >= 11 is 0. The van der Waals surface area contributed by atoms with Crippen molar-refractivity contribution in [3.05, 3.63) is 47.5 Å². The zero-order valence-corrected chi connectivity index (χ0v) is 16.6. The van der Waals surface area contributed by atoms with Crippen LogP contribution in [0.4, 0.5) is 11.4 Å². The molecule has 1 heterocycles. The third-order valence-electron chi connectivity index (χ3n) is 4.66. The zero-order chi connectivity index (χ0) is 20.1. The second-order valence-corrected chi connectivity index (χ2v) is 6.46. The first-order chi connectivity index (χ1) is 13.6. The Morgan fingerprint density at radius 3 is 2.46 bits per heavy atom. The molecule has 0 aliphatic carbocycles. The van der Waals surface area contributed by atoms with Crippen molar-refractivity contribution in [2.75, 3.05) is 30.0 Å². The van der Waals surface area contributed by atoms with Crippen LogP contribution in [0.2, 0.25) is 0 Å². The number of amides is 2. The van der Waals surface area contributed by atoms with Crippen LogP contribution >= 0.6 is 0 Å². The molecule has 0 aromatic heterocycles. The van der Waals surface area contributed by atoms with Gasteiger partial charge in [0.1, 0.15) is 0 Å². The number of nitrogens with one attached hydrogen (secondary N) is 1. The Morgan fingerprint density at radius 1 is 1.00 bits per heavy atom. The fourth-order valence-corrected chi connectivity index (χ4v) is 3.38. The van der Waals surface area contributed by atoms with Crippen LogP contribution in [-0.2, 0) is 11.2 Å². The van der Waals surface area contributed by atoms with E-state index in [4.69, 9.17) is 9.47 Å². The fraction of sp³-hybridized carbons (Fsp3) is 0.364. The molecule has 1 N–H and O–H groups in total. The van der Waals surface area contributed by atoms with Crippen molar-refractivity contribution in [2.45, 2.75) is 33.6 Å². The van der Waals surface area contributed by atoms with E-state index in [0.29, 0.717) is 55.4 Å². The predicted octanol–water partition coefficient (Wildman–Crippen LogP) is 4.04. The molecule has 6 heteroatoms. The lowest BCUT2D eigenvalue weighted by Crippen LogP contribution is -2.34. The number of nitrogens with zero attached hydrogens (tertiary/aromatic N) is 1. The molecule has 6 nitrogen and oxygen atoms in total. The van der Waals surface area contributed by atoms with Crippen molar-refractivity contribution >= 4 is 23.2 Å². The fourth-order valence-electron chi connectivity index (χ4n) is 3.38. The molecule has 1 aliphatic heterocycles. The maximum absolute atomic E-state index is 12.7. The highest BCUT2D eigenvalue weighted by molar-refractivity contribution is 6.05. The number of carbonyl (C=O) groups excluding carboxylic acids is 2. The Labute approximate surface area is 165 Å². The average molecular weight is 382 g/mol. The number of hydrogen-bond donors (Lipinski definition) is 1. The molecule has 28 heavy (non-hydrogen) atoms. The van der Waals surface area contributed by atoms with E-state index in [0.717, 1.165) is 11.3 Å². The summed E-state index contributed by atoms with van der Waals surface area (Å²) in [5.74, 6) is 1.10. The van der Waals surface area contributed by atoms with Crippen LogP contribution < -0.4 is 19.7 Å². The van der Waals surface area contributed by atoms with Gasteiger partial charge in [-0.3, -0.25) is 9.59 Å². The second-order valence-electron chi connectivity index (χ2n) is 6.46. The lowest BCUT2D eigenvalue weighted by molar-refractivity contribution is -0.118. The van der Waals surface area contributed by atoms with Gasteiger partial charge in [0.05, 0.1) is 13.2 Å². The molecule has 0 atom stereocenters. The number of ether oxygens (including phenoxy) is 2. The largest absolute Gasteiger partial charge is 0.490 e. The molecule has 1 aliphatic rings. The summed E-state index contributed by atoms with van der Waals surface area (Å²) in [5, 5.41) is 2.93. The van der Waals surface area contributed by atoms with E-state index in [2.05, 4.69) is 5.32 Å². The van der Waals surface area contributed by atoms with Gasteiger partial charge in [-0.1, -0.05) is 0 Å². The summed E-state index contributed by atoms with van der Waals surface area (Å²) in [6.07, 6.45) is 1.18. The smallest absolute Gasteiger partial charge is 0.255 e. The Bertz CT molecular complexity index is 879. The first kappa shape index (κ1) is 19.7. The minimum absolute atomic E-state index is 0.143. The van der Waals surface area contributed by atoms with Crippen LogP contribution in [0.3, 0.4) is 0 Å². The summed E-state index contributed by atoms with van der Waals surface area (Å²) in [5.41, 5.74) is 3.20. The Kier molecular flexibility index (Phi) is 6.19. The lowest BCUT2D eigenvalue weighted by atomic mass is 10.0. The van der Waals surface area contributed by atoms with Gasteiger partial charge in [0.2, 0.25) is 5.91 Å². The molecule has 0 fully saturated rings. The van der Waals surface area contributed by atoms with Gasteiger partial charge in [-0.05, 0) is 69.2 Å². The van der Waals surface area contributed by atoms with Gasteiger partial charge >= 0.3 is 0 Å². The first-order valence-corrected chi connectivity index (χ1v) is 9.71. The third-order valence-corrected chi connectivity index (χ3v) is 4.66. The standard InChI is InChI=1S/C22H26N2O4/c1-4-24-18-10-9-17(13-15(18)8-12-21(24)25)23-22(26)16-7-11-19(27-5-2)20(14-16)28-6-3/h7,9-11,13-14H,4-6,8,12H2,1-3H3,(H,23,26). The zero-order valence-electron chi connectivity index (χ0n) is 16.6. The normalized spacial score (nSPS) is 13.1. The first-order valence-electron chi connectivity index (χ1n) is 9.71. The number of anilines is 2. The highest BCUT2D eigenvalue weighted by Gasteiger charge is 2.23. The summed E-state index contributed by atoms with van der Waals surface area (Å²) < 4.78 is 11.1. The van der Waals surface area contributed by atoms with Gasteiger partial charge in [0.15, 0.2) is 11.5 Å². The van der Waals surface area contributed by atoms with E-state index in [-0.39, 0.29) is 11.8 Å². The van der Waals surface area contributed by atoms with Gasteiger partial charge in [0.25, 0.3) is 5.91 Å². The molecule has 0 saturated heterocycles. The molecule has 0 saturated carbocycles. The van der Waals surface area contributed by atoms with Gasteiger partial charge in [-0.15, -0.1) is 0 Å². The summed E-state index contributed by atoms with van der Waals surface area (Å²) in [7, 11) is 0. The maximum Gasteiger partial charge on any atom is 0.255 e. The quantitative estimate of drug-likeness (QED) is 0.785. The summed E-state index contributed by atoms with van der Waals surface area (Å²) in [6.45, 7) is 7.41. The van der Waals surface area contributed by atoms with Crippen LogP contribution in [0.1, 0.15) is 43.1 Å². The monoisotopic (exact) mass is 382 g/mol. The summed E-state index contributed by atoms with van der Waals surface area (Å²) in [4.78, 5) is 26.5.